The fraction of sp³-hybridized carbons (Fsp3) is 0.153. The average molecular weight is 1420 g/mol. The molecule has 3 aliphatic heterocycles. The molecule has 7 aromatic carbocycles. The molecule has 0 saturated carbocycles. The topological polar surface area (TPSA) is 225 Å². The Hall–Kier alpha value is -12.7. The van der Waals surface area contributed by atoms with E-state index in [0.29, 0.717) is 44.1 Å². The van der Waals surface area contributed by atoms with E-state index in [1.165, 1.54) is 23.7 Å². The van der Waals surface area contributed by atoms with Gasteiger partial charge in [0.2, 0.25) is 10.0 Å². The van der Waals surface area contributed by atoms with Crippen LogP contribution in [0.3, 0.4) is 0 Å². The summed E-state index contributed by atoms with van der Waals surface area (Å²) in [5, 5.41) is 13.6. The molecule has 8 aromatic heterocycles. The van der Waals surface area contributed by atoms with Gasteiger partial charge in [0.05, 0.1) is 27.7 Å². The molecule has 0 atom stereocenters. The molecule has 528 valence electrons. The van der Waals surface area contributed by atoms with Crippen LogP contribution in [0.1, 0.15) is 83.9 Å². The number of carbonyl (C=O) groups excluding carboxylic acids is 3. The van der Waals surface area contributed by atoms with Gasteiger partial charge in [-0.25, -0.2) is 28.1 Å². The van der Waals surface area contributed by atoms with Gasteiger partial charge in [0, 0.05) is 171 Å². The Balaban J connectivity index is 0.000000123. The Labute approximate surface area is 613 Å². The predicted octanol–water partition coefficient (Wildman–Crippen LogP) is 14.1. The van der Waals surface area contributed by atoms with Crippen molar-refractivity contribution in [2.24, 2.45) is 0 Å². The Morgan fingerprint density at radius 3 is 1.71 bits per heavy atom. The molecule has 0 aliphatic carbocycles. The zero-order valence-corrected chi connectivity index (χ0v) is 59.6. The first-order valence-corrected chi connectivity index (χ1v) is 37.0. The smallest absolute Gasteiger partial charge is 0.251 e. The van der Waals surface area contributed by atoms with E-state index in [4.69, 9.17) is 0 Å². The van der Waals surface area contributed by atoms with Gasteiger partial charge in [-0.05, 0) is 204 Å². The summed E-state index contributed by atoms with van der Waals surface area (Å²) in [5.41, 5.74) is 24.0. The fourth-order valence-corrected chi connectivity index (χ4v) is 15.2. The zero-order valence-electron chi connectivity index (χ0n) is 58.7. The van der Waals surface area contributed by atoms with Crippen LogP contribution in [0.4, 0.5) is 17.1 Å². The summed E-state index contributed by atoms with van der Waals surface area (Å²) in [4.78, 5) is 59.0. The van der Waals surface area contributed by atoms with E-state index in [-0.39, 0.29) is 22.6 Å². The summed E-state index contributed by atoms with van der Waals surface area (Å²) in [6, 6.07) is 69.0. The van der Waals surface area contributed by atoms with Gasteiger partial charge in [-0.15, -0.1) is 0 Å². The van der Waals surface area contributed by atoms with Crippen LogP contribution in [0.25, 0.3) is 67.3 Å². The van der Waals surface area contributed by atoms with Crippen LogP contribution >= 0.6 is 0 Å². The standard InChI is InChI=1S/C34H27N5O2.C28H30N6.C23H20N4O3S/c40-33(36-21-24-4-3-5-29(19-24)38-15-1-2-16-38)25-8-6-23(7-9-25)18-27-11-13-31(39-17-14-35-32(27)39)26-10-12-30-28(20-26)22-37-34(30)41;1-20(2)32-16-18-33(19-17-32)22-8-6-21(7-9-22)31-26-10-11-27(34-15-14-30-28(26)34)24-4-3-5-25-23(24)12-13-29-25;1-24-31(29,30)19-6-2-15(3-7-19)12-17-5-9-21(27-11-10-25-22(17)27)16-4-8-20-18(13-16)14-26-23(20)28/h1-17,19-20H,18,21-22H2,(H,36,40)(H,37,41);3-15,20,29,31H,16-19H2,1-2H3;2-11,13,24H,12,14H2,1H3,(H,26,28). The van der Waals surface area contributed by atoms with Crippen molar-refractivity contribution in [2.45, 2.75) is 57.3 Å². The van der Waals surface area contributed by atoms with Crippen molar-refractivity contribution in [3.63, 3.8) is 0 Å². The van der Waals surface area contributed by atoms with Gasteiger partial charge in [-0.2, -0.15) is 0 Å². The molecule has 3 aliphatic rings. The van der Waals surface area contributed by atoms with Crippen LogP contribution < -0.4 is 30.9 Å². The van der Waals surface area contributed by atoms with E-state index >= 15 is 0 Å². The Kier molecular flexibility index (Phi) is 18.7. The van der Waals surface area contributed by atoms with Crippen LogP contribution in [0.5, 0.6) is 0 Å². The minimum Gasteiger partial charge on any atom is -0.369 e. The number of nitrogens with zero attached hydrogens (tertiary/aromatic N) is 9. The summed E-state index contributed by atoms with van der Waals surface area (Å²) < 4.78 is 34.5. The molecule has 20 nitrogen and oxygen atoms in total. The van der Waals surface area contributed by atoms with Gasteiger partial charge >= 0.3 is 0 Å². The van der Waals surface area contributed by atoms with Crippen molar-refractivity contribution >= 4 is 72.7 Å². The number of aromatic amines is 1. The number of benzene rings is 7. The second kappa shape index (κ2) is 29.2. The molecule has 0 radical (unpaired) electrons. The Morgan fingerprint density at radius 1 is 0.528 bits per heavy atom. The molecule has 11 heterocycles. The third-order valence-corrected chi connectivity index (χ3v) is 21.6. The van der Waals surface area contributed by atoms with Gasteiger partial charge < -0.3 is 35.7 Å². The number of hydrogen-bond acceptors (Lipinski definition) is 11. The molecule has 6 N–H and O–H groups in total. The van der Waals surface area contributed by atoms with Crippen LogP contribution in [0.2, 0.25) is 0 Å². The largest absolute Gasteiger partial charge is 0.369 e. The molecule has 1 saturated heterocycles. The van der Waals surface area contributed by atoms with Crippen LogP contribution in [0, 0.1) is 0 Å². The molecule has 0 unspecified atom stereocenters. The van der Waals surface area contributed by atoms with E-state index in [9.17, 15) is 22.8 Å². The second-order valence-electron chi connectivity index (χ2n) is 27.0. The van der Waals surface area contributed by atoms with Crippen molar-refractivity contribution in [1.29, 1.82) is 0 Å². The van der Waals surface area contributed by atoms with E-state index in [1.54, 1.807) is 18.3 Å². The fourth-order valence-electron chi connectivity index (χ4n) is 14.5. The highest BCUT2D eigenvalue weighted by molar-refractivity contribution is 7.89. The molecule has 1 fully saturated rings. The quantitative estimate of drug-likeness (QED) is 0.0503. The average Bonchev–Trinajstić information content (AvgIpc) is 1.55. The lowest BCUT2D eigenvalue weighted by atomic mass is 10.0. The molecule has 21 heteroatoms. The van der Waals surface area contributed by atoms with Crippen LogP contribution in [0.15, 0.2) is 267 Å². The number of amides is 3. The Morgan fingerprint density at radius 2 is 1.10 bits per heavy atom. The van der Waals surface area contributed by atoms with Crippen LogP contribution in [-0.4, -0.2) is 108 Å². The summed E-state index contributed by atoms with van der Waals surface area (Å²) >= 11 is 0. The first kappa shape index (κ1) is 67.8. The minimum absolute atomic E-state index is 0.0170. The highest BCUT2D eigenvalue weighted by Gasteiger charge is 2.24. The summed E-state index contributed by atoms with van der Waals surface area (Å²) in [6.45, 7) is 10.5. The lowest BCUT2D eigenvalue weighted by molar-refractivity contribution is 0.0946. The Bertz CT molecular complexity index is 5890. The van der Waals surface area contributed by atoms with E-state index in [2.05, 4.69) is 169 Å². The van der Waals surface area contributed by atoms with Gasteiger partial charge in [0.1, 0.15) is 11.3 Å². The zero-order chi connectivity index (χ0) is 72.4. The number of fused-ring (bicyclic) bond motifs is 6. The second-order valence-corrected chi connectivity index (χ2v) is 28.9. The first-order valence-electron chi connectivity index (χ1n) is 35.5. The SMILES string of the molecule is CC(C)N1CCN(c2ccc(Nc3ccc(-c4cccc5[nH]ccc45)n4ccnc34)cc2)CC1.CNS(=O)(=O)c1ccc(Cc2ccc(-c3ccc4c(c3)CNC4=O)n3ccnc23)cc1.O=C(NCc1cccc(-n2cccc2)c1)c1ccc(Cc2ccc(-c3ccc4c(c3)CNC4=O)n3ccnc23)cc1. The predicted molar refractivity (Wildman–Crippen MR) is 416 cm³/mol. The number of H-pyrrole nitrogens is 1. The first-order chi connectivity index (χ1) is 51.7. The van der Waals surface area contributed by atoms with Gasteiger partial charge in [-0.1, -0.05) is 72.8 Å². The molecule has 3 amide bonds. The van der Waals surface area contributed by atoms with Crippen molar-refractivity contribution in [1.82, 2.24) is 63.3 Å². The van der Waals surface area contributed by atoms with Gasteiger partial charge in [0.15, 0.2) is 5.65 Å². The number of hydrogen-bond donors (Lipinski definition) is 6. The monoisotopic (exact) mass is 1420 g/mol. The molecular formula is C85H77N15O5S. The third-order valence-electron chi connectivity index (χ3n) is 20.2. The maximum Gasteiger partial charge on any atom is 0.251 e. The molecule has 15 aromatic rings. The van der Waals surface area contributed by atoms with Crippen LogP contribution in [-0.2, 0) is 42.5 Å². The van der Waals surface area contributed by atoms with E-state index in [1.807, 2.05) is 162 Å². The highest BCUT2D eigenvalue weighted by Crippen LogP contribution is 2.35. The molecule has 0 spiro atoms. The number of pyridine rings is 3. The number of carbonyl (C=O) groups is 3. The minimum atomic E-state index is -3.45. The van der Waals surface area contributed by atoms with E-state index < -0.39 is 10.0 Å². The number of anilines is 3. The molecule has 106 heavy (non-hydrogen) atoms. The maximum absolute atomic E-state index is 12.8. The van der Waals surface area contributed by atoms with Gasteiger partial charge in [0.25, 0.3) is 17.7 Å². The summed E-state index contributed by atoms with van der Waals surface area (Å²) in [5.74, 6) is -0.149. The lowest BCUT2D eigenvalue weighted by Crippen LogP contribution is -2.48. The molecular weight excluding hydrogens is 1340 g/mol. The number of piperazine rings is 1. The third kappa shape index (κ3) is 13.9. The lowest BCUT2D eigenvalue weighted by Gasteiger charge is -2.38. The normalized spacial score (nSPS) is 13.5. The number of imidazole rings is 3. The van der Waals surface area contributed by atoms with Crippen molar-refractivity contribution in [2.75, 3.05) is 43.4 Å². The van der Waals surface area contributed by atoms with Crippen molar-refractivity contribution in [3.8, 4) is 39.5 Å². The van der Waals surface area contributed by atoms with Crippen molar-refractivity contribution < 1.29 is 22.8 Å². The van der Waals surface area contributed by atoms with Gasteiger partial charge in [-0.3, -0.25) is 32.5 Å². The number of nitrogens with one attached hydrogen (secondary N) is 6. The number of rotatable bonds is 17. The van der Waals surface area contributed by atoms with E-state index in [0.717, 1.165) is 144 Å². The maximum atomic E-state index is 12.8. The molecule has 18 rings (SSSR count). The number of sulfonamides is 1. The van der Waals surface area contributed by atoms with Crippen molar-refractivity contribution in [3.05, 3.63) is 318 Å². The highest BCUT2D eigenvalue weighted by atomic mass is 32.2. The summed E-state index contributed by atoms with van der Waals surface area (Å²) in [6.07, 6.45) is 18.7. The molecule has 0 bridgehead atoms. The number of aromatic nitrogens is 8. The summed E-state index contributed by atoms with van der Waals surface area (Å²) in [7, 11) is -2.05.